The van der Waals surface area contributed by atoms with Gasteiger partial charge in [-0.3, -0.25) is 28.8 Å². The molecule has 0 fully saturated rings. The first-order valence-electron chi connectivity index (χ1n) is 33.7. The maximum absolute atomic E-state index is 14.9. The van der Waals surface area contributed by atoms with E-state index < -0.39 is 89.0 Å². The van der Waals surface area contributed by atoms with Crippen molar-refractivity contribution in [2.45, 2.75) is 153 Å². The fraction of sp³-hybridized carbons (Fsp3) is 0.347. The molecule has 0 radical (unpaired) electrons. The number of halogens is 4. The molecule has 0 bridgehead atoms. The summed E-state index contributed by atoms with van der Waals surface area (Å²) in [6.45, 7) is 7.09. The van der Waals surface area contributed by atoms with Crippen LogP contribution in [0.25, 0.3) is 21.8 Å². The van der Waals surface area contributed by atoms with Crippen LogP contribution in [0.1, 0.15) is 111 Å². The molecule has 2 aliphatic rings. The van der Waals surface area contributed by atoms with Crippen molar-refractivity contribution in [2.24, 2.45) is 23.3 Å². The average Bonchev–Trinajstić information content (AvgIpc) is 1.56. The van der Waals surface area contributed by atoms with Crippen molar-refractivity contribution in [1.82, 2.24) is 41.9 Å². The second-order valence-corrected chi connectivity index (χ2v) is 27.8. The zero-order chi connectivity index (χ0) is 73.0. The number of rotatable bonds is 28. The number of hydrogen-bond acceptors (Lipinski definition) is 13. The highest BCUT2D eigenvalue weighted by atomic mass is 35.5. The Kier molecular flexibility index (Phi) is 24.5. The Balaban J connectivity index is 0.811. The van der Waals surface area contributed by atoms with E-state index in [9.17, 15) is 43.2 Å². The molecule has 10 rings (SSSR count). The van der Waals surface area contributed by atoms with Gasteiger partial charge in [0, 0.05) is 45.0 Å². The SMILES string of the molecule is CCC(C)C(NC(=O)C1(NC(=O)C(CCc2ccc(OC(=O)Oc3ccc(CCC(NC(=O)OCc4ccccc4)C(=O)NC4(C(=O)NC(C(N)=O)C(C)CC)CCc5[nH]c6c(Cl)cc(Cl)cc6c5C4)cc3)cc2)NC(=O)OCc2ccccc2)CCc2[nH]c3c(Cl)cc(Cl)cc3c2C1)C(N)=O. The van der Waals surface area contributed by atoms with Crippen molar-refractivity contribution in [3.05, 3.63) is 198 Å². The minimum Gasteiger partial charge on any atom is -0.445 e. The largest absolute Gasteiger partial charge is 0.519 e. The summed E-state index contributed by atoms with van der Waals surface area (Å²) in [4.78, 5) is 132. The third kappa shape index (κ3) is 18.3. The van der Waals surface area contributed by atoms with Gasteiger partial charge >= 0.3 is 18.3 Å². The lowest BCUT2D eigenvalue weighted by molar-refractivity contribution is -0.137. The Hall–Kier alpha value is -9.81. The van der Waals surface area contributed by atoms with Crippen molar-refractivity contribution < 1.29 is 62.1 Å². The number of primary amides is 2. The van der Waals surface area contributed by atoms with Crippen molar-refractivity contribution >= 4 is 122 Å². The second-order valence-electron chi connectivity index (χ2n) is 26.1. The monoisotopic (exact) mass is 1470 g/mol. The molecule has 8 aromatic rings. The summed E-state index contributed by atoms with van der Waals surface area (Å²) < 4.78 is 22.2. The Morgan fingerprint density at radius 3 is 1.23 bits per heavy atom. The van der Waals surface area contributed by atoms with Gasteiger partial charge in [0.25, 0.3) is 0 Å². The highest BCUT2D eigenvalue weighted by molar-refractivity contribution is 6.39. The van der Waals surface area contributed by atoms with Crippen LogP contribution >= 0.6 is 46.4 Å². The number of carbonyl (C=O) groups excluding carboxylic acids is 9. The predicted octanol–water partition coefficient (Wildman–Crippen LogP) is 11.4. The zero-order valence-corrected chi connectivity index (χ0v) is 59.6. The van der Waals surface area contributed by atoms with Gasteiger partial charge in [-0.25, -0.2) is 14.4 Å². The van der Waals surface area contributed by atoms with Gasteiger partial charge in [-0.05, 0) is 145 Å². The van der Waals surface area contributed by atoms with E-state index in [1.165, 1.54) is 24.3 Å². The molecule has 2 heterocycles. The Morgan fingerprint density at radius 2 is 0.873 bits per heavy atom. The second kappa shape index (κ2) is 33.3. The fourth-order valence-corrected chi connectivity index (χ4v) is 14.0. The van der Waals surface area contributed by atoms with Gasteiger partial charge in [0.1, 0.15) is 60.0 Å². The number of alkyl carbamates (subject to hydrolysis) is 2. The zero-order valence-electron chi connectivity index (χ0n) is 56.5. The maximum atomic E-state index is 14.9. The van der Waals surface area contributed by atoms with Crippen molar-refractivity contribution in [3.63, 3.8) is 0 Å². The summed E-state index contributed by atoms with van der Waals surface area (Å²) in [5.74, 6) is -4.71. The van der Waals surface area contributed by atoms with Gasteiger partial charge < -0.3 is 72.3 Å². The number of aromatic nitrogens is 2. The summed E-state index contributed by atoms with van der Waals surface area (Å²) in [7, 11) is 0. The number of ether oxygens (including phenoxy) is 4. The molecule has 0 spiro atoms. The number of fused-ring (bicyclic) bond motifs is 6. The molecular formula is C75H80Cl4N10O13. The molecule has 2 aromatic heterocycles. The van der Waals surface area contributed by atoms with Crippen molar-refractivity contribution in [1.29, 1.82) is 0 Å². The summed E-state index contributed by atoms with van der Waals surface area (Å²) in [5.41, 5.74) is 15.2. The maximum Gasteiger partial charge on any atom is 0.519 e. The van der Waals surface area contributed by atoms with Crippen LogP contribution in [0.5, 0.6) is 11.5 Å². The highest BCUT2D eigenvalue weighted by Crippen LogP contribution is 2.41. The summed E-state index contributed by atoms with van der Waals surface area (Å²) in [6, 6.07) is 32.6. The van der Waals surface area contributed by atoms with Crippen LogP contribution in [0.2, 0.25) is 20.1 Å². The molecule has 12 N–H and O–H groups in total. The quantitative estimate of drug-likeness (QED) is 0.0161. The molecule has 8 amide bonds. The van der Waals surface area contributed by atoms with Crippen molar-refractivity contribution in [3.8, 4) is 11.5 Å². The van der Waals surface area contributed by atoms with Crippen molar-refractivity contribution in [2.75, 3.05) is 0 Å². The molecule has 8 unspecified atom stereocenters. The highest BCUT2D eigenvalue weighted by Gasteiger charge is 2.48. The van der Waals surface area contributed by atoms with Gasteiger partial charge in [-0.2, -0.15) is 0 Å². The molecule has 0 saturated heterocycles. The lowest BCUT2D eigenvalue weighted by Crippen LogP contribution is -2.66. The first-order valence-corrected chi connectivity index (χ1v) is 35.2. The topological polar surface area (TPSA) is 346 Å². The minimum absolute atomic E-state index is 0.00771. The molecule has 2 aliphatic carbocycles. The Bertz CT molecular complexity index is 4150. The molecule has 0 aliphatic heterocycles. The molecule has 6 aromatic carbocycles. The number of aryl methyl sites for hydroxylation is 4. The van der Waals surface area contributed by atoms with Crippen LogP contribution in [0.3, 0.4) is 0 Å². The minimum atomic E-state index is -1.67. The molecule has 27 heteroatoms. The number of H-pyrrole nitrogens is 2. The van der Waals surface area contributed by atoms with E-state index in [1.807, 2.05) is 26.0 Å². The van der Waals surface area contributed by atoms with E-state index in [2.05, 4.69) is 41.9 Å². The van der Waals surface area contributed by atoms with Crippen LogP contribution in [0.4, 0.5) is 14.4 Å². The van der Waals surface area contributed by atoms with Crippen LogP contribution in [0, 0.1) is 11.8 Å². The Labute approximate surface area is 608 Å². The van der Waals surface area contributed by atoms with Gasteiger partial charge in [0.05, 0.1) is 21.1 Å². The predicted molar refractivity (Wildman–Crippen MR) is 387 cm³/mol. The number of carbonyl (C=O) groups is 9. The Morgan fingerprint density at radius 1 is 0.500 bits per heavy atom. The summed E-state index contributed by atoms with van der Waals surface area (Å²) >= 11 is 26.3. The van der Waals surface area contributed by atoms with E-state index in [4.69, 9.17) is 76.8 Å². The first kappa shape index (κ1) is 74.9. The summed E-state index contributed by atoms with van der Waals surface area (Å²) in [6.07, 6.45) is -0.871. The van der Waals surface area contributed by atoms with E-state index in [0.717, 1.165) is 11.4 Å². The standard InChI is InChI=1S/C75H80Cl4N10O13/c1-5-41(3)61(65(80)90)86-69(94)74(31-29-57-53(37-74)51-33-47(76)35-55(78)63(51)82-57)88-67(92)59(84-71(96)99-39-45-13-9-7-10-14-45)27-21-43-17-23-49(24-18-43)101-73(98)102-50-25-19-44(20-26-50)22-28-60(85-72(97)100-40-46-15-11-8-12-16-46)68(93)89-75(70(95)87-62(66(81)91)42(4)6-2)32-30-58-54(38-75)52-34-48(77)36-56(79)64(52)83-58/h7-20,23-26,33-36,41-42,59-62,82-83H,5-6,21-22,27-32,37-40H2,1-4H3,(H2,80,90)(H2,81,91)(H,84,96)(H,85,97)(H,86,94)(H,87,95)(H,88,92)(H,89,93). The number of nitrogens with two attached hydrogens (primary N) is 2. The number of benzene rings is 6. The normalized spacial score (nSPS) is 17.2. The number of nitrogens with one attached hydrogen (secondary N) is 8. The molecule has 536 valence electrons. The lowest BCUT2D eigenvalue weighted by Gasteiger charge is -2.39. The number of aromatic amines is 2. The number of amides is 8. The van der Waals surface area contributed by atoms with E-state index in [-0.39, 0.29) is 101 Å². The molecule has 102 heavy (non-hydrogen) atoms. The van der Waals surface area contributed by atoms with E-state index >= 15 is 0 Å². The van der Waals surface area contributed by atoms with Crippen LogP contribution in [-0.4, -0.2) is 99.0 Å². The van der Waals surface area contributed by atoms with Crippen LogP contribution in [-0.2, 0) is 90.0 Å². The van der Waals surface area contributed by atoms with E-state index in [0.29, 0.717) is 88.1 Å². The third-order valence-corrected chi connectivity index (χ3v) is 20.2. The van der Waals surface area contributed by atoms with Gasteiger partial charge in [0.15, 0.2) is 0 Å². The molecule has 23 nitrogen and oxygen atoms in total. The van der Waals surface area contributed by atoms with Gasteiger partial charge in [0.2, 0.25) is 35.4 Å². The summed E-state index contributed by atoms with van der Waals surface area (Å²) in [5, 5.41) is 19.9. The molecule has 8 atom stereocenters. The van der Waals surface area contributed by atoms with Crippen LogP contribution in [0.15, 0.2) is 133 Å². The fourth-order valence-electron chi connectivity index (χ4n) is 13.0. The van der Waals surface area contributed by atoms with Gasteiger partial charge in [-0.15, -0.1) is 0 Å². The molecule has 0 saturated carbocycles. The first-order chi connectivity index (χ1) is 48.8. The smallest absolute Gasteiger partial charge is 0.445 e. The van der Waals surface area contributed by atoms with E-state index in [1.54, 1.807) is 111 Å². The molecular weight excluding hydrogens is 1390 g/mol. The average molecular weight is 1470 g/mol. The van der Waals surface area contributed by atoms with Gasteiger partial charge in [-0.1, -0.05) is 172 Å². The number of hydrogen-bond donors (Lipinski definition) is 10. The van der Waals surface area contributed by atoms with Crippen LogP contribution < -0.4 is 52.8 Å². The lowest BCUT2D eigenvalue weighted by atomic mass is 9.78. The third-order valence-electron chi connectivity index (χ3n) is 19.1.